The lowest BCUT2D eigenvalue weighted by Crippen LogP contribution is -2.28. The van der Waals surface area contributed by atoms with Crippen molar-refractivity contribution in [1.29, 1.82) is 0 Å². The van der Waals surface area contributed by atoms with Crippen molar-refractivity contribution in [3.05, 3.63) is 12.2 Å². The van der Waals surface area contributed by atoms with Crippen molar-refractivity contribution in [2.75, 3.05) is 33.0 Å². The molecule has 2 unspecified atom stereocenters. The van der Waals surface area contributed by atoms with Gasteiger partial charge >= 0.3 is 13.8 Å². The van der Waals surface area contributed by atoms with E-state index < -0.39 is 13.9 Å². The molecule has 0 rings (SSSR count). The van der Waals surface area contributed by atoms with Gasteiger partial charge in [-0.15, -0.1) is 0 Å². The van der Waals surface area contributed by atoms with Gasteiger partial charge < -0.3 is 20.1 Å². The molecular weight excluding hydrogens is 709 g/mol. The number of phosphoric ester groups is 1. The van der Waals surface area contributed by atoms with Gasteiger partial charge in [-0.1, -0.05) is 212 Å². The molecule has 0 aliphatic carbocycles. The zero-order valence-corrected chi connectivity index (χ0v) is 37.3. The minimum absolute atomic E-state index is 0.0933. The molecule has 0 spiro atoms. The molecule has 0 radical (unpaired) electrons. The number of carbonyl (C=O) groups excluding carboxylic acids is 1. The van der Waals surface area contributed by atoms with Crippen LogP contribution in [0.2, 0.25) is 0 Å². The molecular formula is C46H92NO7P. The van der Waals surface area contributed by atoms with Gasteiger partial charge in [-0.05, 0) is 32.1 Å². The Morgan fingerprint density at radius 1 is 0.527 bits per heavy atom. The highest BCUT2D eigenvalue weighted by Gasteiger charge is 2.25. The Morgan fingerprint density at radius 2 is 0.927 bits per heavy atom. The van der Waals surface area contributed by atoms with Crippen molar-refractivity contribution < 1.29 is 32.8 Å². The standard InChI is InChI=1S/C46H92NO7P/c1-3-5-7-9-11-13-15-17-18-19-20-21-22-23-24-25-26-27-28-29-31-33-35-37-39-46(48)54-45(44-53-55(49,50)52-42-40-47)43-51-41-38-36-34-32-30-16-14-12-10-8-6-4-2/h10,12,45H,3-9,11,13-44,47H2,1-2H3,(H,49,50)/b12-10-. The first-order valence-electron chi connectivity index (χ1n) is 23.7. The van der Waals surface area contributed by atoms with Crippen molar-refractivity contribution in [3.63, 3.8) is 0 Å². The summed E-state index contributed by atoms with van der Waals surface area (Å²) in [5, 5.41) is 0. The number of esters is 1. The lowest BCUT2D eigenvalue weighted by molar-refractivity contribution is -0.154. The van der Waals surface area contributed by atoms with Crippen LogP contribution in [-0.2, 0) is 27.9 Å². The summed E-state index contributed by atoms with van der Waals surface area (Å²) < 4.78 is 33.4. The summed E-state index contributed by atoms with van der Waals surface area (Å²) in [7, 11) is -4.27. The molecule has 2 atom stereocenters. The Balaban J connectivity index is 3.86. The number of nitrogens with two attached hydrogens (primary N) is 1. The fourth-order valence-electron chi connectivity index (χ4n) is 6.92. The monoisotopic (exact) mass is 802 g/mol. The van der Waals surface area contributed by atoms with Gasteiger partial charge in [-0.2, -0.15) is 0 Å². The summed E-state index contributed by atoms with van der Waals surface area (Å²) in [6, 6.07) is 0. The molecule has 0 amide bonds. The van der Waals surface area contributed by atoms with Crippen LogP contribution in [0.15, 0.2) is 12.2 Å². The van der Waals surface area contributed by atoms with Crippen LogP contribution >= 0.6 is 7.82 Å². The van der Waals surface area contributed by atoms with E-state index in [-0.39, 0.29) is 32.3 Å². The van der Waals surface area contributed by atoms with Gasteiger partial charge in [0, 0.05) is 19.6 Å². The Hall–Kier alpha value is -0.760. The van der Waals surface area contributed by atoms with E-state index >= 15 is 0 Å². The number of hydrogen-bond acceptors (Lipinski definition) is 7. The largest absolute Gasteiger partial charge is 0.472 e. The molecule has 55 heavy (non-hydrogen) atoms. The Labute approximate surface area is 341 Å². The van der Waals surface area contributed by atoms with E-state index in [2.05, 4.69) is 26.0 Å². The van der Waals surface area contributed by atoms with E-state index in [0.29, 0.717) is 13.0 Å². The summed E-state index contributed by atoms with van der Waals surface area (Å²) >= 11 is 0. The second-order valence-electron chi connectivity index (χ2n) is 16.0. The third kappa shape index (κ3) is 44.2. The number of unbranched alkanes of at least 4 members (excludes halogenated alkanes) is 31. The maximum absolute atomic E-state index is 12.6. The average Bonchev–Trinajstić information content (AvgIpc) is 3.17. The summed E-state index contributed by atoms with van der Waals surface area (Å²) in [5.74, 6) is -0.327. The minimum atomic E-state index is -4.27. The molecule has 0 aromatic heterocycles. The highest BCUT2D eigenvalue weighted by atomic mass is 31.2. The van der Waals surface area contributed by atoms with Gasteiger partial charge in [0.25, 0.3) is 0 Å². The maximum Gasteiger partial charge on any atom is 0.472 e. The van der Waals surface area contributed by atoms with Crippen LogP contribution in [0.3, 0.4) is 0 Å². The van der Waals surface area contributed by atoms with E-state index in [4.69, 9.17) is 24.3 Å². The van der Waals surface area contributed by atoms with Crippen molar-refractivity contribution in [3.8, 4) is 0 Å². The Kier molecular flexibility index (Phi) is 43.7. The molecule has 0 saturated heterocycles. The van der Waals surface area contributed by atoms with E-state index in [1.807, 2.05) is 0 Å². The second-order valence-corrected chi connectivity index (χ2v) is 17.4. The Bertz CT molecular complexity index is 858. The Morgan fingerprint density at radius 3 is 1.38 bits per heavy atom. The smallest absolute Gasteiger partial charge is 0.457 e. The van der Waals surface area contributed by atoms with Crippen molar-refractivity contribution in [1.82, 2.24) is 0 Å². The lowest BCUT2D eigenvalue weighted by atomic mass is 10.0. The van der Waals surface area contributed by atoms with Crippen LogP contribution < -0.4 is 5.73 Å². The molecule has 328 valence electrons. The fourth-order valence-corrected chi connectivity index (χ4v) is 7.69. The number of rotatable bonds is 46. The molecule has 0 bridgehead atoms. The van der Waals surface area contributed by atoms with Crippen LogP contribution in [0.25, 0.3) is 0 Å². The van der Waals surface area contributed by atoms with Crippen LogP contribution in [0.5, 0.6) is 0 Å². The third-order valence-electron chi connectivity index (χ3n) is 10.4. The van der Waals surface area contributed by atoms with Gasteiger partial charge in [-0.3, -0.25) is 13.8 Å². The molecule has 8 nitrogen and oxygen atoms in total. The van der Waals surface area contributed by atoms with Gasteiger partial charge in [0.05, 0.1) is 19.8 Å². The zero-order valence-electron chi connectivity index (χ0n) is 36.4. The van der Waals surface area contributed by atoms with Gasteiger partial charge in [0.15, 0.2) is 0 Å². The first-order chi connectivity index (χ1) is 26.9. The molecule has 9 heteroatoms. The normalized spacial score (nSPS) is 13.5. The minimum Gasteiger partial charge on any atom is -0.457 e. The van der Waals surface area contributed by atoms with Crippen molar-refractivity contribution >= 4 is 13.8 Å². The number of hydrogen-bond donors (Lipinski definition) is 2. The average molecular weight is 802 g/mol. The van der Waals surface area contributed by atoms with Gasteiger partial charge in [-0.25, -0.2) is 4.57 Å². The van der Waals surface area contributed by atoms with Crippen LogP contribution in [-0.4, -0.2) is 49.9 Å². The van der Waals surface area contributed by atoms with E-state index in [1.54, 1.807) is 0 Å². The van der Waals surface area contributed by atoms with Crippen LogP contribution in [0.1, 0.15) is 239 Å². The maximum atomic E-state index is 12.6. The summed E-state index contributed by atoms with van der Waals surface area (Å²) in [6.45, 7) is 4.92. The second kappa shape index (κ2) is 44.3. The predicted molar refractivity (Wildman–Crippen MR) is 234 cm³/mol. The molecule has 0 aromatic carbocycles. The zero-order chi connectivity index (χ0) is 40.2. The molecule has 0 heterocycles. The molecule has 3 N–H and O–H groups in total. The number of allylic oxidation sites excluding steroid dienone is 2. The van der Waals surface area contributed by atoms with Crippen molar-refractivity contribution in [2.24, 2.45) is 5.73 Å². The van der Waals surface area contributed by atoms with Crippen molar-refractivity contribution in [2.45, 2.75) is 245 Å². The quantitative estimate of drug-likeness (QED) is 0.0270. The molecule has 0 aromatic rings. The summed E-state index contributed by atoms with van der Waals surface area (Å²) in [5.41, 5.74) is 5.37. The predicted octanol–water partition coefficient (Wildman–Crippen LogP) is 14.3. The highest BCUT2D eigenvalue weighted by molar-refractivity contribution is 7.47. The van der Waals surface area contributed by atoms with Crippen LogP contribution in [0.4, 0.5) is 0 Å². The van der Waals surface area contributed by atoms with Crippen LogP contribution in [0, 0.1) is 0 Å². The lowest BCUT2D eigenvalue weighted by Gasteiger charge is -2.20. The summed E-state index contributed by atoms with van der Waals surface area (Å²) in [4.78, 5) is 22.5. The van der Waals surface area contributed by atoms with Gasteiger partial charge in [0.1, 0.15) is 6.10 Å². The summed E-state index contributed by atoms with van der Waals surface area (Å²) in [6.07, 6.45) is 48.2. The number of ether oxygens (including phenoxy) is 2. The molecule has 0 fully saturated rings. The molecule has 0 aliphatic rings. The van der Waals surface area contributed by atoms with E-state index in [0.717, 1.165) is 32.1 Å². The molecule has 0 aliphatic heterocycles. The van der Waals surface area contributed by atoms with Gasteiger partial charge in [0.2, 0.25) is 0 Å². The van der Waals surface area contributed by atoms with E-state index in [1.165, 1.54) is 186 Å². The molecule has 0 saturated carbocycles. The number of carbonyl (C=O) groups is 1. The first-order valence-corrected chi connectivity index (χ1v) is 25.2. The number of phosphoric acid groups is 1. The topological polar surface area (TPSA) is 117 Å². The first kappa shape index (κ1) is 54.2. The fraction of sp³-hybridized carbons (Fsp3) is 0.935. The SMILES string of the molecule is CCCC/C=C\CCCCCCCCOCC(COP(=O)(O)OCCN)OC(=O)CCCCCCCCCCCCCCCCCCCCCCCCCC. The highest BCUT2D eigenvalue weighted by Crippen LogP contribution is 2.43. The van der Waals surface area contributed by atoms with E-state index in [9.17, 15) is 14.3 Å². The third-order valence-corrected chi connectivity index (χ3v) is 11.4.